The summed E-state index contributed by atoms with van der Waals surface area (Å²) in [6.07, 6.45) is 2.93. The number of hydrogen-bond acceptors (Lipinski definition) is 5. The molecular formula is C26H28BN5S. The molecule has 33 heavy (non-hydrogen) atoms. The van der Waals surface area contributed by atoms with Crippen LogP contribution in [0.15, 0.2) is 66.2 Å². The summed E-state index contributed by atoms with van der Waals surface area (Å²) in [5.74, 6) is 0.984. The quantitative estimate of drug-likeness (QED) is 0.284. The Hall–Kier alpha value is -3.16. The fraction of sp³-hybridized carbons (Fsp3) is 0.231. The van der Waals surface area contributed by atoms with E-state index in [0.29, 0.717) is 0 Å². The highest BCUT2D eigenvalue weighted by Crippen LogP contribution is 2.27. The molecule has 0 saturated carbocycles. The summed E-state index contributed by atoms with van der Waals surface area (Å²) in [5.41, 5.74) is 6.76. The normalized spacial score (nSPS) is 11.6. The van der Waals surface area contributed by atoms with Crippen molar-refractivity contribution in [1.29, 1.82) is 0 Å². The third kappa shape index (κ3) is 4.52. The van der Waals surface area contributed by atoms with Crippen LogP contribution >= 0.6 is 11.3 Å². The highest BCUT2D eigenvalue weighted by molar-refractivity contribution is 7.17. The smallest absolute Gasteiger partial charge is 0.151 e. The molecule has 2 aromatic carbocycles. The van der Waals surface area contributed by atoms with Crippen LogP contribution in [0, 0.1) is 6.92 Å². The van der Waals surface area contributed by atoms with E-state index in [4.69, 9.17) is 4.98 Å². The number of aromatic nitrogens is 3. The Labute approximate surface area is 199 Å². The van der Waals surface area contributed by atoms with Gasteiger partial charge in [-0.25, -0.2) is 4.98 Å². The van der Waals surface area contributed by atoms with Crippen LogP contribution in [-0.2, 0) is 6.54 Å². The van der Waals surface area contributed by atoms with Crippen molar-refractivity contribution in [2.75, 3.05) is 25.5 Å². The SMILES string of the molecule is Bc1cnn2c(NCCCN(C)Cc3csc4ccccc34)cc(-c3ccccc3C)nc12. The predicted octanol–water partition coefficient (Wildman–Crippen LogP) is 4.11. The van der Waals surface area contributed by atoms with Gasteiger partial charge in [-0.15, -0.1) is 11.3 Å². The second kappa shape index (κ2) is 9.37. The van der Waals surface area contributed by atoms with Crippen LogP contribution in [0.4, 0.5) is 5.82 Å². The van der Waals surface area contributed by atoms with Gasteiger partial charge < -0.3 is 10.2 Å². The van der Waals surface area contributed by atoms with Gasteiger partial charge in [0.15, 0.2) is 5.65 Å². The molecule has 0 fully saturated rings. The highest BCUT2D eigenvalue weighted by Gasteiger charge is 2.12. The first kappa shape index (κ1) is 21.7. The largest absolute Gasteiger partial charge is 0.370 e. The van der Waals surface area contributed by atoms with Crippen LogP contribution in [0.1, 0.15) is 17.5 Å². The van der Waals surface area contributed by atoms with Gasteiger partial charge in [0.1, 0.15) is 13.7 Å². The lowest BCUT2D eigenvalue weighted by Gasteiger charge is -2.17. The molecule has 0 aliphatic carbocycles. The average molecular weight is 453 g/mol. The molecule has 5 aromatic rings. The van der Waals surface area contributed by atoms with Crippen LogP contribution in [0.3, 0.4) is 0 Å². The van der Waals surface area contributed by atoms with Crippen molar-refractivity contribution in [2.45, 2.75) is 19.9 Å². The van der Waals surface area contributed by atoms with Crippen LogP contribution in [0.2, 0.25) is 0 Å². The number of nitrogens with zero attached hydrogens (tertiary/aromatic N) is 4. The predicted molar refractivity (Wildman–Crippen MR) is 143 cm³/mol. The monoisotopic (exact) mass is 453 g/mol. The van der Waals surface area contributed by atoms with Gasteiger partial charge in [0, 0.05) is 35.6 Å². The van der Waals surface area contributed by atoms with Crippen molar-refractivity contribution in [3.63, 3.8) is 0 Å². The van der Waals surface area contributed by atoms with Gasteiger partial charge in [-0.1, -0.05) is 42.5 Å². The zero-order valence-corrected chi connectivity index (χ0v) is 20.2. The summed E-state index contributed by atoms with van der Waals surface area (Å²) < 4.78 is 3.28. The number of benzene rings is 2. The molecule has 3 aromatic heterocycles. The molecule has 7 heteroatoms. The summed E-state index contributed by atoms with van der Waals surface area (Å²) in [4.78, 5) is 7.30. The first-order valence-corrected chi connectivity index (χ1v) is 12.3. The van der Waals surface area contributed by atoms with E-state index < -0.39 is 0 Å². The van der Waals surface area contributed by atoms with E-state index in [2.05, 4.69) is 97.1 Å². The zero-order chi connectivity index (χ0) is 22.8. The number of nitrogens with one attached hydrogen (secondary N) is 1. The van der Waals surface area contributed by atoms with Crippen LogP contribution in [0.25, 0.3) is 27.0 Å². The molecule has 166 valence electrons. The summed E-state index contributed by atoms with van der Waals surface area (Å²) in [6, 6.07) is 19.2. The van der Waals surface area contributed by atoms with Gasteiger partial charge in [-0.3, -0.25) is 0 Å². The van der Waals surface area contributed by atoms with Crippen molar-refractivity contribution < 1.29 is 0 Å². The molecule has 3 heterocycles. The summed E-state index contributed by atoms with van der Waals surface area (Å²) in [7, 11) is 4.26. The Morgan fingerprint density at radius 2 is 1.94 bits per heavy atom. The number of thiophene rings is 1. The lowest BCUT2D eigenvalue weighted by Crippen LogP contribution is -2.21. The number of hydrogen-bond donors (Lipinski definition) is 1. The first-order chi connectivity index (χ1) is 16.1. The van der Waals surface area contributed by atoms with Crippen molar-refractivity contribution in [1.82, 2.24) is 19.5 Å². The number of anilines is 1. The number of fused-ring (bicyclic) bond motifs is 2. The van der Waals surface area contributed by atoms with Crippen molar-refractivity contribution in [2.24, 2.45) is 0 Å². The fourth-order valence-electron chi connectivity index (χ4n) is 4.29. The van der Waals surface area contributed by atoms with Crippen molar-refractivity contribution in [3.8, 4) is 11.3 Å². The standard InChI is InChI=1S/C26H28BN5S/c1-18-8-3-4-9-20(18)23-14-25(32-26(30-23)22(27)15-29-32)28-12-7-13-31(2)16-19-17-33-24-11-6-5-10-21(19)24/h3-6,8-11,14-15,17,28H,7,12-13,16,27H2,1-2H3. The lowest BCUT2D eigenvalue weighted by atomic mass is 10.00. The zero-order valence-electron chi connectivity index (χ0n) is 19.4. The molecule has 0 spiro atoms. The molecule has 0 bridgehead atoms. The van der Waals surface area contributed by atoms with Crippen molar-refractivity contribution in [3.05, 3.63) is 77.3 Å². The van der Waals surface area contributed by atoms with Gasteiger partial charge in [0.05, 0.1) is 5.69 Å². The van der Waals surface area contributed by atoms with Crippen LogP contribution in [-0.4, -0.2) is 47.5 Å². The molecule has 0 radical (unpaired) electrons. The van der Waals surface area contributed by atoms with E-state index in [1.54, 1.807) is 0 Å². The maximum Gasteiger partial charge on any atom is 0.151 e. The Balaban J connectivity index is 1.26. The first-order valence-electron chi connectivity index (χ1n) is 11.4. The Morgan fingerprint density at radius 3 is 2.82 bits per heavy atom. The van der Waals surface area contributed by atoms with Gasteiger partial charge in [0.2, 0.25) is 0 Å². The van der Waals surface area contributed by atoms with Crippen LogP contribution in [0.5, 0.6) is 0 Å². The molecule has 0 amide bonds. The Bertz CT molecular complexity index is 1410. The van der Waals surface area contributed by atoms with Crippen molar-refractivity contribution >= 4 is 46.2 Å². The second-order valence-corrected chi connectivity index (χ2v) is 9.59. The summed E-state index contributed by atoms with van der Waals surface area (Å²) >= 11 is 1.83. The van der Waals surface area contributed by atoms with E-state index in [-0.39, 0.29) is 0 Å². The molecule has 0 aliphatic rings. The van der Waals surface area contributed by atoms with Gasteiger partial charge in [0.25, 0.3) is 0 Å². The van der Waals surface area contributed by atoms with Crippen LogP contribution < -0.4 is 10.8 Å². The van der Waals surface area contributed by atoms with Gasteiger partial charge >= 0.3 is 0 Å². The molecular weight excluding hydrogens is 425 g/mol. The molecule has 5 rings (SSSR count). The fourth-order valence-corrected chi connectivity index (χ4v) is 5.24. The van der Waals surface area contributed by atoms with E-state index >= 15 is 0 Å². The minimum Gasteiger partial charge on any atom is -0.370 e. The third-order valence-electron chi connectivity index (χ3n) is 6.09. The number of rotatable bonds is 8. The summed E-state index contributed by atoms with van der Waals surface area (Å²) in [5, 5.41) is 11.8. The maximum atomic E-state index is 4.90. The topological polar surface area (TPSA) is 45.5 Å². The highest BCUT2D eigenvalue weighted by atomic mass is 32.1. The molecule has 0 saturated heterocycles. The molecule has 5 nitrogen and oxygen atoms in total. The third-order valence-corrected chi connectivity index (χ3v) is 7.11. The molecule has 0 atom stereocenters. The molecule has 0 unspecified atom stereocenters. The maximum absolute atomic E-state index is 4.90. The Kier molecular flexibility index (Phi) is 6.16. The van der Waals surface area contributed by atoms with E-state index in [0.717, 1.165) is 54.2 Å². The van der Waals surface area contributed by atoms with Gasteiger partial charge in [-0.2, -0.15) is 9.61 Å². The van der Waals surface area contributed by atoms with E-state index in [9.17, 15) is 0 Å². The molecule has 0 aliphatic heterocycles. The Morgan fingerprint density at radius 1 is 1.12 bits per heavy atom. The minimum absolute atomic E-state index is 0.875. The second-order valence-electron chi connectivity index (χ2n) is 8.68. The average Bonchev–Trinajstić information content (AvgIpc) is 3.41. The van der Waals surface area contributed by atoms with E-state index in [1.165, 1.54) is 21.2 Å². The van der Waals surface area contributed by atoms with Gasteiger partial charge in [-0.05, 0) is 60.4 Å². The number of aryl methyl sites for hydroxylation is 1. The minimum atomic E-state index is 0.875. The summed E-state index contributed by atoms with van der Waals surface area (Å²) in [6.45, 7) is 5.00. The lowest BCUT2D eigenvalue weighted by molar-refractivity contribution is 0.327. The van der Waals surface area contributed by atoms with E-state index in [1.807, 2.05) is 22.0 Å². The molecule has 1 N–H and O–H groups in total.